The summed E-state index contributed by atoms with van der Waals surface area (Å²) >= 11 is 4.92. The van der Waals surface area contributed by atoms with E-state index in [-0.39, 0.29) is 5.91 Å². The van der Waals surface area contributed by atoms with Gasteiger partial charge in [0.1, 0.15) is 0 Å². The SMILES string of the molecule is CNC(=O)Cc1ccc(Br)s1. The molecule has 60 valence electrons. The molecule has 0 aliphatic carbocycles. The highest BCUT2D eigenvalue weighted by molar-refractivity contribution is 9.11. The number of halogens is 1. The number of amides is 1. The van der Waals surface area contributed by atoms with Crippen LogP contribution in [-0.2, 0) is 11.2 Å². The zero-order valence-electron chi connectivity index (χ0n) is 6.06. The van der Waals surface area contributed by atoms with Crippen LogP contribution in [0.2, 0.25) is 0 Å². The molecule has 1 rings (SSSR count). The van der Waals surface area contributed by atoms with E-state index in [0.29, 0.717) is 6.42 Å². The summed E-state index contributed by atoms with van der Waals surface area (Å²) in [7, 11) is 1.64. The second-order valence-electron chi connectivity index (χ2n) is 2.06. The van der Waals surface area contributed by atoms with Gasteiger partial charge in [0, 0.05) is 11.9 Å². The zero-order chi connectivity index (χ0) is 8.27. The average Bonchev–Trinajstić information content (AvgIpc) is 2.35. The van der Waals surface area contributed by atoms with Crippen molar-refractivity contribution in [2.75, 3.05) is 7.05 Å². The lowest BCUT2D eigenvalue weighted by atomic mass is 10.3. The molecule has 0 fully saturated rings. The number of hydrogen-bond donors (Lipinski definition) is 1. The number of carbonyl (C=O) groups is 1. The van der Waals surface area contributed by atoms with Gasteiger partial charge < -0.3 is 5.32 Å². The Balaban J connectivity index is 2.57. The van der Waals surface area contributed by atoms with Gasteiger partial charge in [-0.3, -0.25) is 4.79 Å². The van der Waals surface area contributed by atoms with Crippen LogP contribution in [0.1, 0.15) is 4.88 Å². The number of rotatable bonds is 2. The summed E-state index contributed by atoms with van der Waals surface area (Å²) in [6.07, 6.45) is 0.479. The first-order valence-corrected chi connectivity index (χ1v) is 4.78. The quantitative estimate of drug-likeness (QED) is 0.830. The van der Waals surface area contributed by atoms with Crippen molar-refractivity contribution in [3.8, 4) is 0 Å². The average molecular weight is 234 g/mol. The molecule has 0 saturated carbocycles. The lowest BCUT2D eigenvalue weighted by Crippen LogP contribution is -2.19. The Morgan fingerprint density at radius 1 is 1.73 bits per heavy atom. The molecule has 1 aromatic rings. The highest BCUT2D eigenvalue weighted by atomic mass is 79.9. The second kappa shape index (κ2) is 3.88. The molecule has 1 amide bonds. The summed E-state index contributed by atoms with van der Waals surface area (Å²) in [6, 6.07) is 3.90. The van der Waals surface area contributed by atoms with Crippen molar-refractivity contribution < 1.29 is 4.79 Å². The smallest absolute Gasteiger partial charge is 0.224 e. The molecule has 0 aliphatic heterocycles. The van der Waals surface area contributed by atoms with E-state index < -0.39 is 0 Å². The predicted molar refractivity (Wildman–Crippen MR) is 49.8 cm³/mol. The van der Waals surface area contributed by atoms with Crippen molar-refractivity contribution in [1.82, 2.24) is 5.32 Å². The first-order valence-electron chi connectivity index (χ1n) is 3.17. The molecule has 4 heteroatoms. The second-order valence-corrected chi connectivity index (χ2v) is 4.60. The highest BCUT2D eigenvalue weighted by Crippen LogP contribution is 2.22. The van der Waals surface area contributed by atoms with Crippen LogP contribution >= 0.6 is 27.3 Å². The lowest BCUT2D eigenvalue weighted by molar-refractivity contribution is -0.119. The number of nitrogens with one attached hydrogen (secondary N) is 1. The van der Waals surface area contributed by atoms with Gasteiger partial charge in [0.25, 0.3) is 0 Å². The molecule has 0 aromatic carbocycles. The first-order chi connectivity index (χ1) is 5.22. The van der Waals surface area contributed by atoms with Crippen LogP contribution in [0, 0.1) is 0 Å². The molecule has 0 aliphatic rings. The molecule has 1 aromatic heterocycles. The van der Waals surface area contributed by atoms with Crippen molar-refractivity contribution in [1.29, 1.82) is 0 Å². The third-order valence-electron chi connectivity index (χ3n) is 1.24. The van der Waals surface area contributed by atoms with Crippen LogP contribution < -0.4 is 5.32 Å². The molecule has 1 N–H and O–H groups in total. The summed E-state index contributed by atoms with van der Waals surface area (Å²) in [6.45, 7) is 0. The standard InChI is InChI=1S/C7H8BrNOS/c1-9-7(10)4-5-2-3-6(8)11-5/h2-3H,4H2,1H3,(H,9,10). The zero-order valence-corrected chi connectivity index (χ0v) is 8.46. The summed E-state index contributed by atoms with van der Waals surface area (Å²) in [5.74, 6) is 0.0550. The van der Waals surface area contributed by atoms with E-state index in [1.165, 1.54) is 0 Å². The van der Waals surface area contributed by atoms with Gasteiger partial charge in [-0.1, -0.05) is 0 Å². The maximum Gasteiger partial charge on any atom is 0.224 e. The maximum absolute atomic E-state index is 10.9. The minimum atomic E-state index is 0.0550. The van der Waals surface area contributed by atoms with Crippen molar-refractivity contribution in [2.24, 2.45) is 0 Å². The Hall–Kier alpha value is -0.350. The Morgan fingerprint density at radius 3 is 2.91 bits per heavy atom. The van der Waals surface area contributed by atoms with Gasteiger partial charge in [-0.2, -0.15) is 0 Å². The minimum absolute atomic E-state index is 0.0550. The van der Waals surface area contributed by atoms with Gasteiger partial charge >= 0.3 is 0 Å². The van der Waals surface area contributed by atoms with Crippen LogP contribution in [0.4, 0.5) is 0 Å². The molecule has 0 unspecified atom stereocenters. The lowest BCUT2D eigenvalue weighted by Gasteiger charge is -1.94. The monoisotopic (exact) mass is 233 g/mol. The van der Waals surface area contributed by atoms with Crippen molar-refractivity contribution >= 4 is 33.2 Å². The topological polar surface area (TPSA) is 29.1 Å². The van der Waals surface area contributed by atoms with E-state index in [4.69, 9.17) is 0 Å². The molecule has 1 heterocycles. The van der Waals surface area contributed by atoms with E-state index in [2.05, 4.69) is 21.2 Å². The van der Waals surface area contributed by atoms with Gasteiger partial charge in [-0.15, -0.1) is 11.3 Å². The normalized spacial score (nSPS) is 9.64. The van der Waals surface area contributed by atoms with Gasteiger partial charge in [-0.25, -0.2) is 0 Å². The van der Waals surface area contributed by atoms with Gasteiger partial charge in [0.15, 0.2) is 0 Å². The van der Waals surface area contributed by atoms with Crippen LogP contribution in [-0.4, -0.2) is 13.0 Å². The van der Waals surface area contributed by atoms with Gasteiger partial charge in [0.2, 0.25) is 5.91 Å². The Bertz CT molecular complexity index is 259. The van der Waals surface area contributed by atoms with Gasteiger partial charge in [-0.05, 0) is 28.1 Å². The van der Waals surface area contributed by atoms with Crippen LogP contribution in [0.3, 0.4) is 0 Å². The number of hydrogen-bond acceptors (Lipinski definition) is 2. The van der Waals surface area contributed by atoms with Crippen LogP contribution in [0.25, 0.3) is 0 Å². The van der Waals surface area contributed by atoms with Gasteiger partial charge in [0.05, 0.1) is 10.2 Å². The highest BCUT2D eigenvalue weighted by Gasteiger charge is 2.02. The van der Waals surface area contributed by atoms with Crippen molar-refractivity contribution in [2.45, 2.75) is 6.42 Å². The van der Waals surface area contributed by atoms with E-state index in [0.717, 1.165) is 8.66 Å². The van der Waals surface area contributed by atoms with Crippen molar-refractivity contribution in [3.63, 3.8) is 0 Å². The third kappa shape index (κ3) is 2.63. The molecular weight excluding hydrogens is 226 g/mol. The molecule has 0 radical (unpaired) electrons. The van der Waals surface area contributed by atoms with E-state index in [1.807, 2.05) is 12.1 Å². The molecular formula is C7H8BrNOS. The fourth-order valence-electron chi connectivity index (χ4n) is 0.693. The number of carbonyl (C=O) groups excluding carboxylic acids is 1. The third-order valence-corrected chi connectivity index (χ3v) is 2.87. The Morgan fingerprint density at radius 2 is 2.45 bits per heavy atom. The first kappa shape index (κ1) is 8.74. The molecule has 0 saturated heterocycles. The predicted octanol–water partition coefficient (Wildman–Crippen LogP) is 1.80. The fourth-order valence-corrected chi connectivity index (χ4v) is 2.18. The molecule has 0 bridgehead atoms. The largest absolute Gasteiger partial charge is 0.359 e. The minimum Gasteiger partial charge on any atom is -0.359 e. The van der Waals surface area contributed by atoms with Crippen LogP contribution in [0.5, 0.6) is 0 Å². The summed E-state index contributed by atoms with van der Waals surface area (Å²) in [5.41, 5.74) is 0. The summed E-state index contributed by atoms with van der Waals surface area (Å²) in [5, 5.41) is 2.58. The fraction of sp³-hybridized carbons (Fsp3) is 0.286. The summed E-state index contributed by atoms with van der Waals surface area (Å²) in [4.78, 5) is 12.0. The summed E-state index contributed by atoms with van der Waals surface area (Å²) < 4.78 is 1.07. The van der Waals surface area contributed by atoms with E-state index in [1.54, 1.807) is 18.4 Å². The Labute approximate surface area is 77.7 Å². The van der Waals surface area contributed by atoms with E-state index in [9.17, 15) is 4.79 Å². The molecule has 11 heavy (non-hydrogen) atoms. The molecule has 0 spiro atoms. The number of thiophene rings is 1. The maximum atomic E-state index is 10.9. The Kier molecular flexibility index (Phi) is 3.08. The number of likely N-dealkylation sites (N-methyl/N-ethyl adjacent to an activating group) is 1. The van der Waals surface area contributed by atoms with Crippen LogP contribution in [0.15, 0.2) is 15.9 Å². The van der Waals surface area contributed by atoms with E-state index >= 15 is 0 Å². The molecule has 0 atom stereocenters. The van der Waals surface area contributed by atoms with Crippen molar-refractivity contribution in [3.05, 3.63) is 20.8 Å². The molecule has 2 nitrogen and oxygen atoms in total.